The van der Waals surface area contributed by atoms with Crippen LogP contribution in [-0.2, 0) is 0 Å². The molecule has 0 saturated heterocycles. The van der Waals surface area contributed by atoms with Gasteiger partial charge < -0.3 is 20.5 Å². The van der Waals surface area contributed by atoms with Gasteiger partial charge in [0.25, 0.3) is 5.91 Å². The van der Waals surface area contributed by atoms with Gasteiger partial charge in [0.05, 0.1) is 25.4 Å². The Balaban J connectivity index is 1.57. The molecule has 1 aromatic heterocycles. The molecule has 0 bridgehead atoms. The van der Waals surface area contributed by atoms with Gasteiger partial charge >= 0.3 is 0 Å². The van der Waals surface area contributed by atoms with Crippen molar-refractivity contribution >= 4 is 38.4 Å². The monoisotopic (exact) mass is 546 g/mol. The van der Waals surface area contributed by atoms with Crippen LogP contribution >= 0.6 is 15.9 Å². The molecule has 184 valence electrons. The molecule has 7 nitrogen and oxygen atoms in total. The number of halogens is 1. The lowest BCUT2D eigenvalue weighted by atomic mass is 9.96. The Bertz CT molecular complexity index is 1450. The first-order valence-corrected chi connectivity index (χ1v) is 12.6. The highest BCUT2D eigenvalue weighted by Gasteiger charge is 2.22. The molecule has 3 N–H and O–H groups in total. The van der Waals surface area contributed by atoms with Crippen molar-refractivity contribution in [2.45, 2.75) is 19.3 Å². The van der Waals surface area contributed by atoms with E-state index in [1.54, 1.807) is 14.2 Å². The highest BCUT2D eigenvalue weighted by Crippen LogP contribution is 2.39. The number of hydrogen-bond acceptors (Lipinski definition) is 6. The summed E-state index contributed by atoms with van der Waals surface area (Å²) in [5.41, 5.74) is 10.9. The number of amides is 1. The Labute approximate surface area is 218 Å². The van der Waals surface area contributed by atoms with Crippen LogP contribution in [0, 0.1) is 5.92 Å². The van der Waals surface area contributed by atoms with Crippen molar-refractivity contribution in [2.75, 3.05) is 26.1 Å². The first kappa shape index (κ1) is 24.1. The molecule has 8 heteroatoms. The Morgan fingerprint density at radius 3 is 2.44 bits per heavy atom. The molecule has 0 atom stereocenters. The number of carbonyl (C=O) groups excluding carboxylic acids is 1. The standard InChI is InChI=1S/C28H27BrN4O3/c1-35-24-10-6-17(20-9-7-19(29)15-25(20)36-2)13-22(24)18-5-8-21-23(14-18)32-33-27(28(30)34)26(21)31-12-11-16-3-4-16/h5-10,13-16H,3-4,11-12H2,1-2H3,(H2,30,34)(H,31,32). The Hall–Kier alpha value is -3.65. The van der Waals surface area contributed by atoms with E-state index in [1.807, 2.05) is 48.5 Å². The number of anilines is 1. The molecular formula is C28H27BrN4O3. The van der Waals surface area contributed by atoms with Gasteiger partial charge in [-0.3, -0.25) is 4.79 Å². The van der Waals surface area contributed by atoms with E-state index in [-0.39, 0.29) is 5.69 Å². The van der Waals surface area contributed by atoms with Gasteiger partial charge in [-0.25, -0.2) is 0 Å². The number of carbonyl (C=O) groups is 1. The SMILES string of the molecule is COc1cc(Br)ccc1-c1ccc(OC)c(-c2ccc3c(NCCC4CC4)c(C(N)=O)nnc3c2)c1. The summed E-state index contributed by atoms with van der Waals surface area (Å²) in [7, 11) is 3.31. The fraction of sp³-hybridized carbons (Fsp3) is 0.250. The molecular weight excluding hydrogens is 520 g/mol. The lowest BCUT2D eigenvalue weighted by Crippen LogP contribution is -2.18. The fourth-order valence-electron chi connectivity index (χ4n) is 4.44. The van der Waals surface area contributed by atoms with Gasteiger partial charge in [-0.2, -0.15) is 0 Å². The summed E-state index contributed by atoms with van der Waals surface area (Å²) in [6.07, 6.45) is 3.61. The van der Waals surface area contributed by atoms with Crippen molar-refractivity contribution in [1.82, 2.24) is 10.2 Å². The van der Waals surface area contributed by atoms with Gasteiger partial charge in [-0.15, -0.1) is 10.2 Å². The zero-order valence-electron chi connectivity index (χ0n) is 20.2. The second-order valence-electron chi connectivity index (χ2n) is 8.94. The minimum Gasteiger partial charge on any atom is -0.496 e. The molecule has 0 spiro atoms. The van der Waals surface area contributed by atoms with Gasteiger partial charge in [0.2, 0.25) is 0 Å². The van der Waals surface area contributed by atoms with Crippen LogP contribution < -0.4 is 20.5 Å². The maximum absolute atomic E-state index is 12.0. The summed E-state index contributed by atoms with van der Waals surface area (Å²) in [5, 5.41) is 12.7. The lowest BCUT2D eigenvalue weighted by Gasteiger charge is -2.15. The van der Waals surface area contributed by atoms with Crippen molar-refractivity contribution in [1.29, 1.82) is 0 Å². The highest BCUT2D eigenvalue weighted by molar-refractivity contribution is 9.10. The van der Waals surface area contributed by atoms with Crippen molar-refractivity contribution in [3.63, 3.8) is 0 Å². The van der Waals surface area contributed by atoms with Crippen LogP contribution in [0.5, 0.6) is 11.5 Å². The number of ether oxygens (including phenoxy) is 2. The molecule has 1 saturated carbocycles. The van der Waals surface area contributed by atoms with E-state index < -0.39 is 5.91 Å². The molecule has 1 aliphatic rings. The Morgan fingerprint density at radius 1 is 0.972 bits per heavy atom. The van der Waals surface area contributed by atoms with E-state index in [0.29, 0.717) is 11.2 Å². The number of nitrogens with two attached hydrogens (primary N) is 1. The third-order valence-electron chi connectivity index (χ3n) is 6.53. The van der Waals surface area contributed by atoms with Crippen molar-refractivity contribution in [2.24, 2.45) is 11.7 Å². The maximum atomic E-state index is 12.0. The number of rotatable bonds is 9. The van der Waals surface area contributed by atoms with Gasteiger partial charge in [-0.1, -0.05) is 40.9 Å². The predicted octanol–water partition coefficient (Wildman–Crippen LogP) is 6.05. The Kier molecular flexibility index (Phi) is 6.78. The second kappa shape index (κ2) is 10.1. The van der Waals surface area contributed by atoms with Crippen LogP contribution in [0.3, 0.4) is 0 Å². The van der Waals surface area contributed by atoms with Gasteiger partial charge in [0.15, 0.2) is 5.69 Å². The van der Waals surface area contributed by atoms with E-state index >= 15 is 0 Å². The zero-order valence-corrected chi connectivity index (χ0v) is 21.8. The maximum Gasteiger partial charge on any atom is 0.271 e. The molecule has 0 aliphatic heterocycles. The molecule has 36 heavy (non-hydrogen) atoms. The molecule has 5 rings (SSSR count). The number of nitrogens with zero attached hydrogens (tertiary/aromatic N) is 2. The molecule has 1 fully saturated rings. The molecule has 1 amide bonds. The van der Waals surface area contributed by atoms with Crippen molar-refractivity contribution in [3.05, 3.63) is 64.8 Å². The first-order chi connectivity index (χ1) is 17.5. The molecule has 0 unspecified atom stereocenters. The van der Waals surface area contributed by atoms with Gasteiger partial charge in [-0.05, 0) is 65.9 Å². The summed E-state index contributed by atoms with van der Waals surface area (Å²) in [6.45, 7) is 0.762. The van der Waals surface area contributed by atoms with Gasteiger partial charge in [0.1, 0.15) is 11.5 Å². The quantitative estimate of drug-likeness (QED) is 0.265. The number of hydrogen-bond donors (Lipinski definition) is 2. The highest BCUT2D eigenvalue weighted by atomic mass is 79.9. The summed E-state index contributed by atoms with van der Waals surface area (Å²) in [6, 6.07) is 17.9. The number of benzene rings is 3. The van der Waals surface area contributed by atoms with Gasteiger partial charge in [0, 0.05) is 27.5 Å². The third kappa shape index (κ3) is 4.86. The van der Waals surface area contributed by atoms with E-state index in [1.165, 1.54) is 12.8 Å². The van der Waals surface area contributed by atoms with Crippen LogP contribution in [0.25, 0.3) is 33.2 Å². The predicted molar refractivity (Wildman–Crippen MR) is 146 cm³/mol. The van der Waals surface area contributed by atoms with Crippen molar-refractivity contribution < 1.29 is 14.3 Å². The average Bonchev–Trinajstić information content (AvgIpc) is 3.72. The minimum absolute atomic E-state index is 0.160. The zero-order chi connectivity index (χ0) is 25.2. The molecule has 3 aromatic carbocycles. The summed E-state index contributed by atoms with van der Waals surface area (Å²) < 4.78 is 12.2. The average molecular weight is 547 g/mol. The van der Waals surface area contributed by atoms with Crippen LogP contribution in [0.2, 0.25) is 0 Å². The van der Waals surface area contributed by atoms with E-state index in [2.05, 4.69) is 37.5 Å². The van der Waals surface area contributed by atoms with Crippen LogP contribution in [0.4, 0.5) is 5.69 Å². The third-order valence-corrected chi connectivity index (χ3v) is 7.02. The molecule has 1 heterocycles. The molecule has 0 radical (unpaired) electrons. The van der Waals surface area contributed by atoms with Crippen molar-refractivity contribution in [3.8, 4) is 33.8 Å². The summed E-state index contributed by atoms with van der Waals surface area (Å²) in [5.74, 6) is 1.68. The lowest BCUT2D eigenvalue weighted by molar-refractivity contribution is 0.0995. The Morgan fingerprint density at radius 2 is 1.72 bits per heavy atom. The second-order valence-corrected chi connectivity index (χ2v) is 9.85. The van der Waals surface area contributed by atoms with Crippen LogP contribution in [-0.4, -0.2) is 36.9 Å². The van der Waals surface area contributed by atoms with E-state index in [4.69, 9.17) is 15.2 Å². The normalized spacial score (nSPS) is 13.0. The molecule has 4 aromatic rings. The number of aromatic nitrogens is 2. The number of methoxy groups -OCH3 is 2. The topological polar surface area (TPSA) is 99.4 Å². The summed E-state index contributed by atoms with van der Waals surface area (Å²) in [4.78, 5) is 12.0. The smallest absolute Gasteiger partial charge is 0.271 e. The number of nitrogens with one attached hydrogen (secondary N) is 1. The first-order valence-electron chi connectivity index (χ1n) is 11.8. The number of primary amides is 1. The van der Waals surface area contributed by atoms with Crippen LogP contribution in [0.15, 0.2) is 59.1 Å². The fourth-order valence-corrected chi connectivity index (χ4v) is 4.78. The number of fused-ring (bicyclic) bond motifs is 1. The van der Waals surface area contributed by atoms with E-state index in [9.17, 15) is 4.79 Å². The largest absolute Gasteiger partial charge is 0.496 e. The van der Waals surface area contributed by atoms with Crippen LogP contribution in [0.1, 0.15) is 29.8 Å². The molecule has 1 aliphatic carbocycles. The summed E-state index contributed by atoms with van der Waals surface area (Å²) >= 11 is 3.51. The minimum atomic E-state index is -0.597. The van der Waals surface area contributed by atoms with E-state index in [0.717, 1.165) is 62.5 Å².